The van der Waals surface area contributed by atoms with Crippen LogP contribution in [0.15, 0.2) is 12.1 Å². The minimum atomic E-state index is -0.490. The van der Waals surface area contributed by atoms with Crippen LogP contribution < -0.4 is 19.9 Å². The lowest BCUT2D eigenvalue weighted by Crippen LogP contribution is -2.40. The molecule has 1 aromatic carbocycles. The van der Waals surface area contributed by atoms with Crippen molar-refractivity contribution in [1.29, 1.82) is 0 Å². The summed E-state index contributed by atoms with van der Waals surface area (Å²) in [6, 6.07) is 3.74. The lowest BCUT2D eigenvalue weighted by molar-refractivity contribution is 0.246. The van der Waals surface area contributed by atoms with Gasteiger partial charge in [0.1, 0.15) is 0 Å². The molecule has 1 aromatic rings. The van der Waals surface area contributed by atoms with Crippen molar-refractivity contribution >= 4 is 0 Å². The molecule has 0 aliphatic rings. The fourth-order valence-corrected chi connectivity index (χ4v) is 2.46. The summed E-state index contributed by atoms with van der Waals surface area (Å²) in [5.74, 6) is 1.69. The Bertz CT molecular complexity index is 440. The number of nitrogens with two attached hydrogens (primary N) is 1. The van der Waals surface area contributed by atoms with Crippen LogP contribution in [0.2, 0.25) is 0 Å². The van der Waals surface area contributed by atoms with E-state index < -0.39 is 5.54 Å². The molecule has 0 spiro atoms. The zero-order chi connectivity index (χ0) is 15.3. The molecule has 20 heavy (non-hydrogen) atoms. The van der Waals surface area contributed by atoms with Crippen molar-refractivity contribution in [2.75, 3.05) is 27.9 Å². The maximum atomic E-state index is 9.30. The first-order chi connectivity index (χ1) is 9.40. The van der Waals surface area contributed by atoms with Gasteiger partial charge >= 0.3 is 0 Å². The molecule has 0 aromatic heterocycles. The quantitative estimate of drug-likeness (QED) is 0.799. The highest BCUT2D eigenvalue weighted by Gasteiger charge is 2.31. The van der Waals surface area contributed by atoms with Crippen LogP contribution in [0.4, 0.5) is 0 Å². The van der Waals surface area contributed by atoms with Crippen molar-refractivity contribution in [3.8, 4) is 17.2 Å². The van der Waals surface area contributed by atoms with Crippen molar-refractivity contribution in [3.63, 3.8) is 0 Å². The first kappa shape index (κ1) is 16.6. The van der Waals surface area contributed by atoms with Crippen molar-refractivity contribution < 1.29 is 19.3 Å². The molecule has 0 radical (unpaired) electrons. The summed E-state index contributed by atoms with van der Waals surface area (Å²) >= 11 is 0. The number of aliphatic hydroxyl groups excluding tert-OH is 1. The van der Waals surface area contributed by atoms with Crippen LogP contribution >= 0.6 is 0 Å². The molecule has 0 heterocycles. The molecule has 0 fully saturated rings. The SMILES string of the molecule is COc1ccc(C(CCO)C(C)(C)N)c(OC)c1OC. The summed E-state index contributed by atoms with van der Waals surface area (Å²) in [4.78, 5) is 0. The van der Waals surface area contributed by atoms with E-state index in [1.807, 2.05) is 26.0 Å². The second-order valence-electron chi connectivity index (χ2n) is 5.31. The van der Waals surface area contributed by atoms with E-state index in [0.29, 0.717) is 23.7 Å². The lowest BCUT2D eigenvalue weighted by atomic mass is 9.80. The number of ether oxygens (including phenoxy) is 3. The summed E-state index contributed by atoms with van der Waals surface area (Å²) in [6.45, 7) is 3.93. The Hall–Kier alpha value is -1.46. The largest absolute Gasteiger partial charge is 0.493 e. The van der Waals surface area contributed by atoms with E-state index in [9.17, 15) is 5.11 Å². The number of hydrogen-bond acceptors (Lipinski definition) is 5. The smallest absolute Gasteiger partial charge is 0.203 e. The Kier molecular flexibility index (Phi) is 5.65. The Balaban J connectivity index is 3.42. The molecule has 114 valence electrons. The number of aliphatic hydroxyl groups is 1. The highest BCUT2D eigenvalue weighted by Crippen LogP contribution is 2.45. The van der Waals surface area contributed by atoms with Gasteiger partial charge in [0.25, 0.3) is 0 Å². The van der Waals surface area contributed by atoms with Gasteiger partial charge in [-0.25, -0.2) is 0 Å². The van der Waals surface area contributed by atoms with Gasteiger partial charge in [0, 0.05) is 23.6 Å². The molecule has 1 unspecified atom stereocenters. The monoisotopic (exact) mass is 283 g/mol. The molecule has 0 aliphatic heterocycles. The molecule has 0 saturated heterocycles. The zero-order valence-corrected chi connectivity index (χ0v) is 12.9. The van der Waals surface area contributed by atoms with Gasteiger partial charge in [-0.1, -0.05) is 6.07 Å². The maximum absolute atomic E-state index is 9.30. The minimum absolute atomic E-state index is 0.0535. The Morgan fingerprint density at radius 2 is 1.70 bits per heavy atom. The second kappa shape index (κ2) is 6.81. The first-order valence-corrected chi connectivity index (χ1v) is 6.59. The van der Waals surface area contributed by atoms with Gasteiger partial charge in [-0.05, 0) is 26.3 Å². The normalized spacial score (nSPS) is 12.9. The van der Waals surface area contributed by atoms with Crippen LogP contribution in [0.25, 0.3) is 0 Å². The molecule has 1 rings (SSSR count). The van der Waals surface area contributed by atoms with E-state index in [-0.39, 0.29) is 12.5 Å². The summed E-state index contributed by atoms with van der Waals surface area (Å²) in [5, 5.41) is 9.30. The fraction of sp³-hybridized carbons (Fsp3) is 0.600. The second-order valence-corrected chi connectivity index (χ2v) is 5.31. The molecule has 0 bridgehead atoms. The standard InChI is InChI=1S/C15H25NO4/c1-15(2,16)11(8-9-17)10-6-7-12(18-3)14(20-5)13(10)19-4/h6-7,11,17H,8-9,16H2,1-5H3. The third kappa shape index (κ3) is 3.35. The predicted octanol–water partition coefficient (Wildman–Crippen LogP) is 1.92. The molecular formula is C15H25NO4. The average molecular weight is 283 g/mol. The van der Waals surface area contributed by atoms with Gasteiger partial charge in [-0.2, -0.15) is 0 Å². The highest BCUT2D eigenvalue weighted by atomic mass is 16.5. The molecule has 5 nitrogen and oxygen atoms in total. The number of benzene rings is 1. The van der Waals surface area contributed by atoms with Crippen LogP contribution in [0, 0.1) is 0 Å². The maximum Gasteiger partial charge on any atom is 0.203 e. The third-order valence-corrected chi connectivity index (χ3v) is 3.43. The predicted molar refractivity (Wildman–Crippen MR) is 78.8 cm³/mol. The zero-order valence-electron chi connectivity index (χ0n) is 12.9. The highest BCUT2D eigenvalue weighted by molar-refractivity contribution is 5.57. The molecule has 0 aliphatic carbocycles. The third-order valence-electron chi connectivity index (χ3n) is 3.43. The van der Waals surface area contributed by atoms with Gasteiger partial charge < -0.3 is 25.1 Å². The fourth-order valence-electron chi connectivity index (χ4n) is 2.46. The Labute approximate surface area is 120 Å². The summed E-state index contributed by atoms with van der Waals surface area (Å²) in [7, 11) is 4.73. The summed E-state index contributed by atoms with van der Waals surface area (Å²) in [5.41, 5.74) is 6.66. The molecule has 0 amide bonds. The van der Waals surface area contributed by atoms with Gasteiger partial charge in [-0.15, -0.1) is 0 Å². The van der Waals surface area contributed by atoms with E-state index in [0.717, 1.165) is 5.56 Å². The van der Waals surface area contributed by atoms with Gasteiger partial charge in [0.05, 0.1) is 21.3 Å². The molecule has 3 N–H and O–H groups in total. The number of hydrogen-bond donors (Lipinski definition) is 2. The average Bonchev–Trinajstić information content (AvgIpc) is 2.41. The summed E-state index contributed by atoms with van der Waals surface area (Å²) in [6.07, 6.45) is 0.551. The minimum Gasteiger partial charge on any atom is -0.493 e. The molecule has 5 heteroatoms. The van der Waals surface area contributed by atoms with E-state index in [4.69, 9.17) is 19.9 Å². The van der Waals surface area contributed by atoms with Gasteiger partial charge in [-0.3, -0.25) is 0 Å². The Morgan fingerprint density at radius 1 is 1.10 bits per heavy atom. The van der Waals surface area contributed by atoms with Crippen molar-refractivity contribution in [2.24, 2.45) is 5.73 Å². The Morgan fingerprint density at radius 3 is 2.10 bits per heavy atom. The van der Waals surface area contributed by atoms with Crippen LogP contribution in [-0.2, 0) is 0 Å². The van der Waals surface area contributed by atoms with Crippen LogP contribution in [0.1, 0.15) is 31.7 Å². The van der Waals surface area contributed by atoms with Crippen molar-refractivity contribution in [3.05, 3.63) is 17.7 Å². The first-order valence-electron chi connectivity index (χ1n) is 6.59. The van der Waals surface area contributed by atoms with E-state index in [1.54, 1.807) is 21.3 Å². The number of methoxy groups -OCH3 is 3. The number of rotatable bonds is 7. The lowest BCUT2D eigenvalue weighted by Gasteiger charge is -2.32. The van der Waals surface area contributed by atoms with Crippen LogP contribution in [-0.4, -0.2) is 38.6 Å². The molecular weight excluding hydrogens is 258 g/mol. The van der Waals surface area contributed by atoms with E-state index in [2.05, 4.69) is 0 Å². The van der Waals surface area contributed by atoms with Crippen LogP contribution in [0.3, 0.4) is 0 Å². The van der Waals surface area contributed by atoms with Crippen molar-refractivity contribution in [2.45, 2.75) is 31.7 Å². The van der Waals surface area contributed by atoms with Crippen molar-refractivity contribution in [1.82, 2.24) is 0 Å². The van der Waals surface area contributed by atoms with Crippen LogP contribution in [0.5, 0.6) is 17.2 Å². The van der Waals surface area contributed by atoms with E-state index >= 15 is 0 Å². The summed E-state index contributed by atoms with van der Waals surface area (Å²) < 4.78 is 16.2. The van der Waals surface area contributed by atoms with E-state index in [1.165, 1.54) is 0 Å². The van der Waals surface area contributed by atoms with Gasteiger partial charge in [0.15, 0.2) is 11.5 Å². The topological polar surface area (TPSA) is 73.9 Å². The van der Waals surface area contributed by atoms with Gasteiger partial charge in [0.2, 0.25) is 5.75 Å². The molecule has 0 saturated carbocycles. The molecule has 1 atom stereocenters.